The molecule has 5 heteroatoms. The van der Waals surface area contributed by atoms with Gasteiger partial charge in [0.25, 0.3) is 0 Å². The van der Waals surface area contributed by atoms with E-state index in [1.54, 1.807) is 17.5 Å². The van der Waals surface area contributed by atoms with Gasteiger partial charge in [-0.1, -0.05) is 0 Å². The molecule has 90 valence electrons. The molecule has 0 fully saturated rings. The van der Waals surface area contributed by atoms with Gasteiger partial charge in [-0.2, -0.15) is 0 Å². The van der Waals surface area contributed by atoms with Crippen LogP contribution in [0.3, 0.4) is 0 Å². The molecule has 2 aromatic heterocycles. The maximum absolute atomic E-state index is 4.36. The molecule has 0 aliphatic carbocycles. The topological polar surface area (TPSA) is 41.1 Å². The lowest BCUT2D eigenvalue weighted by Crippen LogP contribution is -2.15. The summed E-state index contributed by atoms with van der Waals surface area (Å²) in [7, 11) is 3.97. The van der Waals surface area contributed by atoms with E-state index in [0.29, 0.717) is 0 Å². The van der Waals surface area contributed by atoms with Crippen molar-refractivity contribution in [1.82, 2.24) is 9.97 Å². The molecule has 0 aliphatic heterocycles. The number of anilines is 2. The summed E-state index contributed by atoms with van der Waals surface area (Å²) in [6, 6.07) is 4.15. The molecule has 2 heterocycles. The molecule has 2 aromatic rings. The molecule has 2 rings (SSSR count). The standard InChI is InChI=1S/C12H16N4S/c1-9(11-7-17-8-14-11)15-10-5-4-6-13-12(10)16(2)3/h4-9,15H,1-3H3. The van der Waals surface area contributed by atoms with E-state index in [4.69, 9.17) is 0 Å². The van der Waals surface area contributed by atoms with Gasteiger partial charge in [-0.15, -0.1) is 11.3 Å². The van der Waals surface area contributed by atoms with Gasteiger partial charge in [0.05, 0.1) is 22.9 Å². The van der Waals surface area contributed by atoms with Crippen LogP contribution in [0.2, 0.25) is 0 Å². The van der Waals surface area contributed by atoms with E-state index < -0.39 is 0 Å². The van der Waals surface area contributed by atoms with Crippen molar-refractivity contribution in [2.75, 3.05) is 24.3 Å². The Morgan fingerprint density at radius 1 is 1.35 bits per heavy atom. The fourth-order valence-electron chi connectivity index (χ4n) is 1.61. The summed E-state index contributed by atoms with van der Waals surface area (Å²) >= 11 is 1.61. The van der Waals surface area contributed by atoms with E-state index in [9.17, 15) is 0 Å². The number of aromatic nitrogens is 2. The second-order valence-electron chi connectivity index (χ2n) is 4.05. The summed E-state index contributed by atoms with van der Waals surface area (Å²) in [5.41, 5.74) is 3.94. The SMILES string of the molecule is CC(Nc1cccnc1N(C)C)c1cscn1. The lowest BCUT2D eigenvalue weighted by Gasteiger charge is -2.19. The molecule has 17 heavy (non-hydrogen) atoms. The number of thiazole rings is 1. The number of nitrogens with one attached hydrogen (secondary N) is 1. The summed E-state index contributed by atoms with van der Waals surface area (Å²) in [6.07, 6.45) is 1.80. The third-order valence-corrected chi connectivity index (χ3v) is 3.08. The third kappa shape index (κ3) is 2.74. The maximum atomic E-state index is 4.36. The van der Waals surface area contributed by atoms with Crippen molar-refractivity contribution >= 4 is 22.8 Å². The summed E-state index contributed by atoms with van der Waals surface area (Å²) in [5.74, 6) is 0.939. The second-order valence-corrected chi connectivity index (χ2v) is 4.77. The van der Waals surface area contributed by atoms with E-state index in [1.807, 2.05) is 36.6 Å². The molecule has 4 nitrogen and oxygen atoms in total. The van der Waals surface area contributed by atoms with Crippen LogP contribution in [-0.2, 0) is 0 Å². The fourth-order valence-corrected chi connectivity index (χ4v) is 2.26. The average molecular weight is 248 g/mol. The summed E-state index contributed by atoms with van der Waals surface area (Å²) < 4.78 is 0. The second kappa shape index (κ2) is 5.14. The van der Waals surface area contributed by atoms with Gasteiger partial charge in [-0.25, -0.2) is 9.97 Å². The van der Waals surface area contributed by atoms with Crippen LogP contribution in [0.1, 0.15) is 18.7 Å². The largest absolute Gasteiger partial charge is 0.374 e. The van der Waals surface area contributed by atoms with Crippen molar-refractivity contribution in [2.24, 2.45) is 0 Å². The fraction of sp³-hybridized carbons (Fsp3) is 0.333. The smallest absolute Gasteiger partial charge is 0.151 e. The zero-order valence-electron chi connectivity index (χ0n) is 10.2. The molecule has 1 N–H and O–H groups in total. The molecule has 0 amide bonds. The highest BCUT2D eigenvalue weighted by molar-refractivity contribution is 7.07. The van der Waals surface area contributed by atoms with Crippen molar-refractivity contribution in [1.29, 1.82) is 0 Å². The number of hydrogen-bond donors (Lipinski definition) is 1. The molecule has 0 saturated heterocycles. The van der Waals surface area contributed by atoms with Gasteiger partial charge in [0, 0.05) is 25.7 Å². The molecular formula is C12H16N4S. The Morgan fingerprint density at radius 3 is 2.82 bits per heavy atom. The number of hydrogen-bond acceptors (Lipinski definition) is 5. The monoisotopic (exact) mass is 248 g/mol. The van der Waals surface area contributed by atoms with Crippen LogP contribution in [0.5, 0.6) is 0 Å². The van der Waals surface area contributed by atoms with E-state index in [0.717, 1.165) is 17.2 Å². The molecule has 0 saturated carbocycles. The zero-order chi connectivity index (χ0) is 12.3. The number of rotatable bonds is 4. The highest BCUT2D eigenvalue weighted by Crippen LogP contribution is 2.25. The zero-order valence-corrected chi connectivity index (χ0v) is 11.0. The van der Waals surface area contributed by atoms with Gasteiger partial charge < -0.3 is 10.2 Å². The first-order valence-electron chi connectivity index (χ1n) is 5.45. The molecule has 0 aliphatic rings. The van der Waals surface area contributed by atoms with Crippen LogP contribution in [0, 0.1) is 0 Å². The normalized spacial score (nSPS) is 12.2. The first-order valence-corrected chi connectivity index (χ1v) is 6.39. The average Bonchev–Trinajstić information content (AvgIpc) is 2.83. The Bertz CT molecular complexity index is 467. The third-order valence-electron chi connectivity index (χ3n) is 2.48. The Morgan fingerprint density at radius 2 is 2.18 bits per heavy atom. The Hall–Kier alpha value is -1.62. The molecule has 1 unspecified atom stereocenters. The minimum atomic E-state index is 0.184. The maximum Gasteiger partial charge on any atom is 0.151 e. The Labute approximate surface area is 105 Å². The van der Waals surface area contributed by atoms with Crippen LogP contribution in [0.15, 0.2) is 29.2 Å². The van der Waals surface area contributed by atoms with Gasteiger partial charge in [0.1, 0.15) is 0 Å². The van der Waals surface area contributed by atoms with Gasteiger partial charge in [0.15, 0.2) is 5.82 Å². The molecule has 1 atom stereocenters. The lowest BCUT2D eigenvalue weighted by atomic mass is 10.2. The summed E-state index contributed by atoms with van der Waals surface area (Å²) in [6.45, 7) is 2.10. The molecule has 0 bridgehead atoms. The van der Waals surface area contributed by atoms with E-state index in [2.05, 4.69) is 27.6 Å². The molecule has 0 radical (unpaired) electrons. The Balaban J connectivity index is 2.18. The van der Waals surface area contributed by atoms with E-state index in [1.165, 1.54) is 0 Å². The number of pyridine rings is 1. The van der Waals surface area contributed by atoms with E-state index >= 15 is 0 Å². The predicted octanol–water partition coefficient (Wildman–Crippen LogP) is 2.78. The number of nitrogens with zero attached hydrogens (tertiary/aromatic N) is 3. The van der Waals surface area contributed by atoms with Gasteiger partial charge in [0.2, 0.25) is 0 Å². The van der Waals surface area contributed by atoms with Crippen LogP contribution in [-0.4, -0.2) is 24.1 Å². The summed E-state index contributed by atoms with van der Waals surface area (Å²) in [4.78, 5) is 10.7. The van der Waals surface area contributed by atoms with Gasteiger partial charge in [-0.3, -0.25) is 0 Å². The first kappa shape index (κ1) is 11.9. The van der Waals surface area contributed by atoms with Crippen molar-refractivity contribution in [3.8, 4) is 0 Å². The van der Waals surface area contributed by atoms with Crippen molar-refractivity contribution in [2.45, 2.75) is 13.0 Å². The molecular weight excluding hydrogens is 232 g/mol. The van der Waals surface area contributed by atoms with Crippen LogP contribution >= 0.6 is 11.3 Å². The summed E-state index contributed by atoms with van der Waals surface area (Å²) in [5, 5.41) is 5.49. The highest BCUT2D eigenvalue weighted by atomic mass is 32.1. The van der Waals surface area contributed by atoms with E-state index in [-0.39, 0.29) is 6.04 Å². The van der Waals surface area contributed by atoms with Crippen molar-refractivity contribution < 1.29 is 0 Å². The minimum absolute atomic E-state index is 0.184. The molecule has 0 aromatic carbocycles. The van der Waals surface area contributed by atoms with Crippen LogP contribution in [0.4, 0.5) is 11.5 Å². The van der Waals surface area contributed by atoms with Gasteiger partial charge in [-0.05, 0) is 19.1 Å². The van der Waals surface area contributed by atoms with Crippen LogP contribution < -0.4 is 10.2 Å². The molecule has 0 spiro atoms. The van der Waals surface area contributed by atoms with Gasteiger partial charge >= 0.3 is 0 Å². The van der Waals surface area contributed by atoms with Crippen molar-refractivity contribution in [3.05, 3.63) is 34.9 Å². The Kier molecular flexibility index (Phi) is 3.58. The lowest BCUT2D eigenvalue weighted by molar-refractivity contribution is 0.847. The predicted molar refractivity (Wildman–Crippen MR) is 72.7 cm³/mol. The highest BCUT2D eigenvalue weighted by Gasteiger charge is 2.11. The minimum Gasteiger partial charge on any atom is -0.374 e. The first-order chi connectivity index (χ1) is 8.18. The van der Waals surface area contributed by atoms with Crippen LogP contribution in [0.25, 0.3) is 0 Å². The van der Waals surface area contributed by atoms with Crippen molar-refractivity contribution in [3.63, 3.8) is 0 Å². The quantitative estimate of drug-likeness (QED) is 0.903.